The lowest BCUT2D eigenvalue weighted by atomic mass is 9.43. The van der Waals surface area contributed by atoms with E-state index < -0.39 is 0 Å². The minimum atomic E-state index is -0.137. The fraction of sp³-hybridized carbons (Fsp3) is 0.923. The summed E-state index contributed by atoms with van der Waals surface area (Å²) in [6.07, 6.45) is 2.59. The standard InChI is InChI=1S/C13H22O2/c1-8-5-10(7-15-9(2)14)12-6-11(8)13(12,3)4/h8,10-12H,5-7H2,1-4H3/t8-,10-,11+,12-/m0/s1. The fourth-order valence-corrected chi connectivity index (χ4v) is 3.98. The first-order chi connectivity index (χ1) is 6.93. The Balaban J connectivity index is 1.98. The molecule has 0 saturated heterocycles. The van der Waals surface area contributed by atoms with Gasteiger partial charge in [0, 0.05) is 6.92 Å². The predicted molar refractivity (Wildman–Crippen MR) is 59.3 cm³/mol. The molecule has 4 atom stereocenters. The quantitative estimate of drug-likeness (QED) is 0.655. The molecule has 0 spiro atoms. The highest BCUT2D eigenvalue weighted by Crippen LogP contribution is 2.63. The second-order valence-corrected chi connectivity index (χ2v) is 6.05. The molecule has 0 radical (unpaired) electrons. The van der Waals surface area contributed by atoms with Crippen LogP contribution in [0.4, 0.5) is 0 Å². The third-order valence-electron chi connectivity index (χ3n) is 4.85. The molecule has 3 fully saturated rings. The predicted octanol–water partition coefficient (Wildman–Crippen LogP) is 2.87. The molecule has 0 heterocycles. The summed E-state index contributed by atoms with van der Waals surface area (Å²) in [4.78, 5) is 10.8. The maximum absolute atomic E-state index is 10.8. The maximum atomic E-state index is 10.8. The molecule has 3 saturated carbocycles. The van der Waals surface area contributed by atoms with Crippen LogP contribution in [0.25, 0.3) is 0 Å². The molecule has 15 heavy (non-hydrogen) atoms. The number of hydrogen-bond acceptors (Lipinski definition) is 2. The van der Waals surface area contributed by atoms with Crippen molar-refractivity contribution in [3.05, 3.63) is 0 Å². The van der Waals surface area contributed by atoms with Gasteiger partial charge in [0.2, 0.25) is 0 Å². The van der Waals surface area contributed by atoms with E-state index in [0.717, 1.165) is 17.8 Å². The summed E-state index contributed by atoms with van der Waals surface area (Å²) < 4.78 is 5.18. The Bertz CT molecular complexity index is 270. The van der Waals surface area contributed by atoms with Crippen LogP contribution in [0.5, 0.6) is 0 Å². The minimum absolute atomic E-state index is 0.137. The summed E-state index contributed by atoms with van der Waals surface area (Å²) in [5.41, 5.74) is 0.475. The van der Waals surface area contributed by atoms with Crippen LogP contribution >= 0.6 is 0 Å². The van der Waals surface area contributed by atoms with E-state index in [2.05, 4.69) is 20.8 Å². The second kappa shape index (κ2) is 3.50. The largest absolute Gasteiger partial charge is 0.466 e. The van der Waals surface area contributed by atoms with E-state index >= 15 is 0 Å². The Morgan fingerprint density at radius 3 is 2.47 bits per heavy atom. The number of hydrogen-bond donors (Lipinski definition) is 0. The first kappa shape index (κ1) is 11.0. The topological polar surface area (TPSA) is 26.3 Å². The van der Waals surface area contributed by atoms with Gasteiger partial charge in [-0.15, -0.1) is 0 Å². The highest BCUT2D eigenvalue weighted by molar-refractivity contribution is 5.65. The van der Waals surface area contributed by atoms with Gasteiger partial charge in [0.15, 0.2) is 0 Å². The second-order valence-electron chi connectivity index (χ2n) is 6.05. The average molecular weight is 210 g/mol. The summed E-state index contributed by atoms with van der Waals surface area (Å²) in [5, 5.41) is 0. The van der Waals surface area contributed by atoms with Gasteiger partial charge >= 0.3 is 5.97 Å². The lowest BCUT2D eigenvalue weighted by Crippen LogP contribution is -2.56. The van der Waals surface area contributed by atoms with Crippen molar-refractivity contribution >= 4 is 5.97 Å². The first-order valence-corrected chi connectivity index (χ1v) is 6.06. The maximum Gasteiger partial charge on any atom is 0.302 e. The number of esters is 1. The Hall–Kier alpha value is -0.530. The molecule has 3 aliphatic carbocycles. The third kappa shape index (κ3) is 1.68. The van der Waals surface area contributed by atoms with E-state index in [1.165, 1.54) is 19.8 Å². The molecular formula is C13H22O2. The van der Waals surface area contributed by atoms with E-state index in [1.54, 1.807) is 0 Å². The average Bonchev–Trinajstić information content (AvgIpc) is 2.13. The summed E-state index contributed by atoms with van der Waals surface area (Å²) in [6.45, 7) is 9.24. The minimum Gasteiger partial charge on any atom is -0.466 e. The third-order valence-corrected chi connectivity index (χ3v) is 4.85. The molecule has 0 N–H and O–H groups in total. The first-order valence-electron chi connectivity index (χ1n) is 6.06. The lowest BCUT2D eigenvalue weighted by Gasteiger charge is -2.62. The Morgan fingerprint density at radius 1 is 1.33 bits per heavy atom. The summed E-state index contributed by atoms with van der Waals surface area (Å²) in [5.74, 6) is 2.94. The van der Waals surface area contributed by atoms with Crippen molar-refractivity contribution in [2.24, 2.45) is 29.1 Å². The van der Waals surface area contributed by atoms with Crippen LogP contribution in [-0.4, -0.2) is 12.6 Å². The van der Waals surface area contributed by atoms with Crippen LogP contribution in [-0.2, 0) is 9.53 Å². The Morgan fingerprint density at radius 2 is 2.00 bits per heavy atom. The SMILES string of the molecule is CC(=O)OC[C@@H]1C[C@H](C)[C@H]2C[C@@H]1C2(C)C. The highest BCUT2D eigenvalue weighted by atomic mass is 16.5. The normalized spacial score (nSPS) is 41.9. The Labute approximate surface area is 92.4 Å². The van der Waals surface area contributed by atoms with Crippen molar-refractivity contribution in [3.63, 3.8) is 0 Å². The van der Waals surface area contributed by atoms with E-state index in [9.17, 15) is 4.79 Å². The van der Waals surface area contributed by atoms with Crippen molar-refractivity contribution in [2.45, 2.75) is 40.5 Å². The number of rotatable bonds is 2. The van der Waals surface area contributed by atoms with Crippen LogP contribution in [0.2, 0.25) is 0 Å². The fourth-order valence-electron chi connectivity index (χ4n) is 3.98. The molecule has 2 bridgehead atoms. The molecule has 0 aliphatic heterocycles. The van der Waals surface area contributed by atoms with Gasteiger partial charge < -0.3 is 4.74 Å². The lowest BCUT2D eigenvalue weighted by molar-refractivity contribution is -0.164. The van der Waals surface area contributed by atoms with Gasteiger partial charge in [-0.2, -0.15) is 0 Å². The summed E-state index contributed by atoms with van der Waals surface area (Å²) in [6, 6.07) is 0. The molecule has 2 heteroatoms. The van der Waals surface area contributed by atoms with Gasteiger partial charge in [-0.3, -0.25) is 4.79 Å². The summed E-state index contributed by atoms with van der Waals surface area (Å²) in [7, 11) is 0. The molecule has 0 aromatic heterocycles. The zero-order chi connectivity index (χ0) is 11.2. The van der Waals surface area contributed by atoms with Crippen molar-refractivity contribution in [2.75, 3.05) is 6.61 Å². The number of fused-ring (bicyclic) bond motifs is 2. The van der Waals surface area contributed by atoms with E-state index in [0.29, 0.717) is 17.9 Å². The Kier molecular flexibility index (Phi) is 2.56. The molecule has 86 valence electrons. The zero-order valence-corrected chi connectivity index (χ0v) is 10.2. The molecule has 0 aromatic carbocycles. The monoisotopic (exact) mass is 210 g/mol. The molecule has 0 aromatic rings. The van der Waals surface area contributed by atoms with E-state index in [4.69, 9.17) is 4.74 Å². The van der Waals surface area contributed by atoms with Crippen molar-refractivity contribution < 1.29 is 9.53 Å². The number of ether oxygens (including phenoxy) is 1. The summed E-state index contributed by atoms with van der Waals surface area (Å²) >= 11 is 0. The molecule has 2 nitrogen and oxygen atoms in total. The highest BCUT2D eigenvalue weighted by Gasteiger charge is 2.57. The number of carbonyl (C=O) groups excluding carboxylic acids is 1. The smallest absolute Gasteiger partial charge is 0.302 e. The van der Waals surface area contributed by atoms with Gasteiger partial charge in [-0.05, 0) is 41.9 Å². The van der Waals surface area contributed by atoms with Crippen LogP contribution in [0.3, 0.4) is 0 Å². The van der Waals surface area contributed by atoms with Gasteiger partial charge in [0.05, 0.1) is 6.61 Å². The van der Waals surface area contributed by atoms with Crippen LogP contribution in [0, 0.1) is 29.1 Å². The molecule has 3 rings (SSSR count). The van der Waals surface area contributed by atoms with Gasteiger partial charge in [0.1, 0.15) is 0 Å². The van der Waals surface area contributed by atoms with Crippen LogP contribution in [0.1, 0.15) is 40.5 Å². The van der Waals surface area contributed by atoms with Crippen molar-refractivity contribution in [1.29, 1.82) is 0 Å². The van der Waals surface area contributed by atoms with E-state index in [-0.39, 0.29) is 5.97 Å². The van der Waals surface area contributed by atoms with Crippen molar-refractivity contribution in [1.82, 2.24) is 0 Å². The van der Waals surface area contributed by atoms with Crippen molar-refractivity contribution in [3.8, 4) is 0 Å². The van der Waals surface area contributed by atoms with Crippen LogP contribution in [0.15, 0.2) is 0 Å². The zero-order valence-electron chi connectivity index (χ0n) is 10.2. The van der Waals surface area contributed by atoms with Crippen LogP contribution < -0.4 is 0 Å². The molecule has 0 unspecified atom stereocenters. The van der Waals surface area contributed by atoms with Gasteiger partial charge in [0.25, 0.3) is 0 Å². The number of carbonyl (C=O) groups is 1. The molecule has 0 amide bonds. The van der Waals surface area contributed by atoms with Gasteiger partial charge in [-0.25, -0.2) is 0 Å². The van der Waals surface area contributed by atoms with E-state index in [1.807, 2.05) is 0 Å². The molecular weight excluding hydrogens is 188 g/mol. The molecule has 3 aliphatic rings. The van der Waals surface area contributed by atoms with Gasteiger partial charge in [-0.1, -0.05) is 20.8 Å².